The van der Waals surface area contributed by atoms with Crippen molar-refractivity contribution in [2.45, 2.75) is 23.8 Å². The van der Waals surface area contributed by atoms with Crippen LogP contribution in [-0.2, 0) is 10.0 Å². The van der Waals surface area contributed by atoms with Crippen molar-refractivity contribution in [2.24, 2.45) is 5.73 Å². The van der Waals surface area contributed by atoms with E-state index in [4.69, 9.17) is 5.73 Å². The van der Waals surface area contributed by atoms with Crippen molar-refractivity contribution in [3.05, 3.63) is 29.8 Å². The van der Waals surface area contributed by atoms with Crippen LogP contribution in [0, 0.1) is 0 Å². The molecule has 0 bridgehead atoms. The molecule has 1 unspecified atom stereocenters. The lowest BCUT2D eigenvalue weighted by molar-refractivity contribution is 0.1000. The van der Waals surface area contributed by atoms with Crippen molar-refractivity contribution in [3.8, 4) is 0 Å². The molecule has 19 heavy (non-hydrogen) atoms. The Morgan fingerprint density at radius 3 is 2.47 bits per heavy atom. The van der Waals surface area contributed by atoms with Crippen LogP contribution in [0.2, 0.25) is 0 Å². The van der Waals surface area contributed by atoms with Gasteiger partial charge in [0.2, 0.25) is 15.9 Å². The number of benzene rings is 1. The summed E-state index contributed by atoms with van der Waals surface area (Å²) in [7, 11) is -3.59. The third-order valence-electron chi connectivity index (χ3n) is 3.20. The van der Waals surface area contributed by atoms with Crippen LogP contribution in [0.4, 0.5) is 0 Å². The van der Waals surface area contributed by atoms with Gasteiger partial charge in [0.1, 0.15) is 0 Å². The zero-order chi connectivity index (χ0) is 14.1. The Morgan fingerprint density at radius 2 is 2.00 bits per heavy atom. The van der Waals surface area contributed by atoms with Crippen molar-refractivity contribution in [3.63, 3.8) is 0 Å². The number of primary amides is 1. The second-order valence-corrected chi connectivity index (χ2v) is 6.66. The molecule has 1 aromatic carbocycles. The minimum atomic E-state index is -3.59. The Hall–Kier alpha value is -1.44. The Labute approximate surface area is 112 Å². The van der Waals surface area contributed by atoms with Gasteiger partial charge in [-0.25, -0.2) is 13.1 Å². The molecule has 0 aliphatic carbocycles. The fourth-order valence-corrected chi connectivity index (χ4v) is 3.52. The summed E-state index contributed by atoms with van der Waals surface area (Å²) >= 11 is 0. The molecule has 1 aliphatic rings. The van der Waals surface area contributed by atoms with Crippen LogP contribution in [-0.4, -0.2) is 33.0 Å². The molecule has 4 N–H and O–H groups in total. The largest absolute Gasteiger partial charge is 0.366 e. The number of hydrogen-bond acceptors (Lipinski definition) is 4. The maximum atomic E-state index is 12.2. The standard InChI is InChI=1S/C12H17N3O3S/c1-12(6-7-14-8-12)15-19(17,18)10-4-2-9(3-5-10)11(13)16/h2-5,14-15H,6-8H2,1H3,(H2,13,16). The molecule has 2 rings (SSSR count). The summed E-state index contributed by atoms with van der Waals surface area (Å²) in [5.74, 6) is -0.580. The highest BCUT2D eigenvalue weighted by atomic mass is 32.2. The van der Waals surface area contributed by atoms with Crippen molar-refractivity contribution < 1.29 is 13.2 Å². The van der Waals surface area contributed by atoms with Gasteiger partial charge in [0.25, 0.3) is 0 Å². The zero-order valence-electron chi connectivity index (χ0n) is 10.6. The first-order valence-electron chi connectivity index (χ1n) is 5.97. The minimum Gasteiger partial charge on any atom is -0.366 e. The summed E-state index contributed by atoms with van der Waals surface area (Å²) in [6.07, 6.45) is 0.742. The van der Waals surface area contributed by atoms with Crippen LogP contribution in [0.3, 0.4) is 0 Å². The molecular weight excluding hydrogens is 266 g/mol. The monoisotopic (exact) mass is 283 g/mol. The van der Waals surface area contributed by atoms with Crippen LogP contribution in [0.25, 0.3) is 0 Å². The highest BCUT2D eigenvalue weighted by Gasteiger charge is 2.33. The van der Waals surface area contributed by atoms with Gasteiger partial charge in [-0.3, -0.25) is 4.79 Å². The first-order valence-corrected chi connectivity index (χ1v) is 7.45. The fraction of sp³-hybridized carbons (Fsp3) is 0.417. The molecular formula is C12H17N3O3S. The van der Waals surface area contributed by atoms with Gasteiger partial charge in [-0.15, -0.1) is 0 Å². The molecule has 1 aliphatic heterocycles. The molecule has 0 saturated carbocycles. The molecule has 1 amide bonds. The third-order valence-corrected chi connectivity index (χ3v) is 4.85. The predicted molar refractivity (Wildman–Crippen MR) is 71.2 cm³/mol. The van der Waals surface area contributed by atoms with Crippen LogP contribution in [0.15, 0.2) is 29.2 Å². The summed E-state index contributed by atoms with van der Waals surface area (Å²) in [5.41, 5.74) is 4.93. The summed E-state index contributed by atoms with van der Waals surface area (Å²) < 4.78 is 27.1. The van der Waals surface area contributed by atoms with Crippen LogP contribution >= 0.6 is 0 Å². The van der Waals surface area contributed by atoms with E-state index in [1.807, 2.05) is 6.92 Å². The first kappa shape index (κ1) is 14.0. The SMILES string of the molecule is CC1(NS(=O)(=O)c2ccc(C(N)=O)cc2)CCNC1. The van der Waals surface area contributed by atoms with Crippen LogP contribution < -0.4 is 15.8 Å². The molecule has 1 fully saturated rings. The van der Waals surface area contributed by atoms with E-state index in [2.05, 4.69) is 10.0 Å². The van der Waals surface area contributed by atoms with E-state index in [1.54, 1.807) is 0 Å². The Morgan fingerprint density at radius 1 is 1.37 bits per heavy atom. The normalized spacial score (nSPS) is 23.4. The third kappa shape index (κ3) is 3.12. The number of rotatable bonds is 4. The van der Waals surface area contributed by atoms with Gasteiger partial charge in [-0.2, -0.15) is 0 Å². The molecule has 0 radical (unpaired) electrons. The summed E-state index contributed by atoms with van der Waals surface area (Å²) in [4.78, 5) is 11.1. The van der Waals surface area contributed by atoms with E-state index in [0.717, 1.165) is 13.0 Å². The van der Waals surface area contributed by atoms with Gasteiger partial charge in [0, 0.05) is 17.6 Å². The topological polar surface area (TPSA) is 101 Å². The van der Waals surface area contributed by atoms with Gasteiger partial charge in [-0.05, 0) is 44.2 Å². The van der Waals surface area contributed by atoms with E-state index in [9.17, 15) is 13.2 Å². The lowest BCUT2D eigenvalue weighted by atomic mass is 10.0. The molecule has 0 aromatic heterocycles. The molecule has 0 spiro atoms. The van der Waals surface area contributed by atoms with Gasteiger partial charge >= 0.3 is 0 Å². The van der Waals surface area contributed by atoms with Crippen molar-refractivity contribution >= 4 is 15.9 Å². The Kier molecular flexibility index (Phi) is 3.62. The predicted octanol–water partition coefficient (Wildman–Crippen LogP) is -0.184. The number of amides is 1. The quantitative estimate of drug-likeness (QED) is 0.713. The number of nitrogens with one attached hydrogen (secondary N) is 2. The second-order valence-electron chi connectivity index (χ2n) is 4.98. The summed E-state index contributed by atoms with van der Waals surface area (Å²) in [5, 5.41) is 3.12. The van der Waals surface area contributed by atoms with Crippen LogP contribution in [0.1, 0.15) is 23.7 Å². The Bertz CT molecular complexity index is 575. The van der Waals surface area contributed by atoms with E-state index >= 15 is 0 Å². The van der Waals surface area contributed by atoms with E-state index in [-0.39, 0.29) is 10.5 Å². The summed E-state index contributed by atoms with van der Waals surface area (Å²) in [6, 6.07) is 5.58. The van der Waals surface area contributed by atoms with E-state index in [0.29, 0.717) is 6.54 Å². The average Bonchev–Trinajstić information content (AvgIpc) is 2.75. The number of hydrogen-bond donors (Lipinski definition) is 3. The van der Waals surface area contributed by atoms with E-state index < -0.39 is 21.5 Å². The number of sulfonamides is 1. The zero-order valence-corrected chi connectivity index (χ0v) is 11.5. The number of nitrogens with two attached hydrogens (primary N) is 1. The van der Waals surface area contributed by atoms with Crippen molar-refractivity contribution in [2.75, 3.05) is 13.1 Å². The molecule has 1 atom stereocenters. The smallest absolute Gasteiger partial charge is 0.248 e. The van der Waals surface area contributed by atoms with Gasteiger partial charge < -0.3 is 11.1 Å². The highest BCUT2D eigenvalue weighted by molar-refractivity contribution is 7.89. The van der Waals surface area contributed by atoms with Crippen molar-refractivity contribution in [1.29, 1.82) is 0 Å². The molecule has 1 heterocycles. The van der Waals surface area contributed by atoms with Crippen LogP contribution in [0.5, 0.6) is 0 Å². The molecule has 1 saturated heterocycles. The average molecular weight is 283 g/mol. The number of carbonyl (C=O) groups is 1. The first-order chi connectivity index (χ1) is 8.82. The molecule has 6 nitrogen and oxygen atoms in total. The van der Waals surface area contributed by atoms with Gasteiger partial charge in [0.05, 0.1) is 4.90 Å². The number of carbonyl (C=O) groups excluding carboxylic acids is 1. The van der Waals surface area contributed by atoms with E-state index in [1.165, 1.54) is 24.3 Å². The molecule has 1 aromatic rings. The lowest BCUT2D eigenvalue weighted by Crippen LogP contribution is -2.47. The lowest BCUT2D eigenvalue weighted by Gasteiger charge is -2.24. The van der Waals surface area contributed by atoms with Gasteiger partial charge in [-0.1, -0.05) is 0 Å². The summed E-state index contributed by atoms with van der Waals surface area (Å²) in [6.45, 7) is 3.26. The molecule has 104 valence electrons. The maximum absolute atomic E-state index is 12.2. The molecule has 7 heteroatoms. The maximum Gasteiger partial charge on any atom is 0.248 e. The Balaban J connectivity index is 2.22. The second kappa shape index (κ2) is 4.92. The highest BCUT2D eigenvalue weighted by Crippen LogP contribution is 2.18. The fourth-order valence-electron chi connectivity index (χ4n) is 2.09. The van der Waals surface area contributed by atoms with Gasteiger partial charge in [0.15, 0.2) is 0 Å². The van der Waals surface area contributed by atoms with Crippen molar-refractivity contribution in [1.82, 2.24) is 10.0 Å². The minimum absolute atomic E-state index is 0.130.